The molecule has 0 aliphatic carbocycles. The van der Waals surface area contributed by atoms with E-state index < -0.39 is 0 Å². The van der Waals surface area contributed by atoms with Crippen LogP contribution in [-0.4, -0.2) is 50.4 Å². The van der Waals surface area contributed by atoms with Gasteiger partial charge in [0.2, 0.25) is 0 Å². The third-order valence-corrected chi connectivity index (χ3v) is 2.80. The standard InChI is InChI=1S/C13H24N4O2/c1-18-8-3-6-17(7-9-19-2)11-13-10-12(16-14)4-5-15-13/h4-5,10H,3,6-9,11,14H2,1-2H3,(H,15,16). The lowest BCUT2D eigenvalue weighted by atomic mass is 10.3. The number of nitrogens with two attached hydrogens (primary N) is 1. The lowest BCUT2D eigenvalue weighted by Gasteiger charge is -2.21. The molecule has 0 aromatic carbocycles. The maximum Gasteiger partial charge on any atom is 0.0589 e. The maximum absolute atomic E-state index is 5.40. The molecule has 0 amide bonds. The van der Waals surface area contributed by atoms with Gasteiger partial charge in [-0.15, -0.1) is 0 Å². The summed E-state index contributed by atoms with van der Waals surface area (Å²) >= 11 is 0. The van der Waals surface area contributed by atoms with E-state index in [1.165, 1.54) is 0 Å². The van der Waals surface area contributed by atoms with Gasteiger partial charge in [-0.25, -0.2) is 0 Å². The number of nitrogens with one attached hydrogen (secondary N) is 1. The van der Waals surface area contributed by atoms with Gasteiger partial charge >= 0.3 is 0 Å². The highest BCUT2D eigenvalue weighted by molar-refractivity contribution is 5.41. The van der Waals surface area contributed by atoms with Gasteiger partial charge in [-0.3, -0.25) is 15.7 Å². The van der Waals surface area contributed by atoms with E-state index >= 15 is 0 Å². The molecule has 0 aliphatic heterocycles. The molecule has 0 radical (unpaired) electrons. The summed E-state index contributed by atoms with van der Waals surface area (Å²) in [4.78, 5) is 6.65. The molecular formula is C13H24N4O2. The molecule has 1 rings (SSSR count). The summed E-state index contributed by atoms with van der Waals surface area (Å²) < 4.78 is 10.2. The van der Waals surface area contributed by atoms with Gasteiger partial charge in [-0.2, -0.15) is 0 Å². The van der Waals surface area contributed by atoms with Crippen LogP contribution in [0.3, 0.4) is 0 Å². The number of anilines is 1. The quantitative estimate of drug-likeness (QED) is 0.372. The molecule has 1 aromatic heterocycles. The Balaban J connectivity index is 2.53. The Morgan fingerprint density at radius 1 is 1.26 bits per heavy atom. The molecule has 3 N–H and O–H groups in total. The molecule has 0 saturated carbocycles. The Morgan fingerprint density at radius 2 is 2.05 bits per heavy atom. The van der Waals surface area contributed by atoms with Crippen molar-refractivity contribution in [3.05, 3.63) is 24.0 Å². The van der Waals surface area contributed by atoms with E-state index in [0.717, 1.165) is 44.0 Å². The minimum atomic E-state index is 0.710. The van der Waals surface area contributed by atoms with Crippen molar-refractivity contribution in [1.29, 1.82) is 0 Å². The molecule has 0 saturated heterocycles. The van der Waals surface area contributed by atoms with Crippen LogP contribution in [0.4, 0.5) is 5.69 Å². The Bertz CT molecular complexity index is 349. The van der Waals surface area contributed by atoms with Crippen molar-refractivity contribution in [2.75, 3.05) is 45.9 Å². The van der Waals surface area contributed by atoms with Crippen LogP contribution in [0.25, 0.3) is 0 Å². The smallest absolute Gasteiger partial charge is 0.0589 e. The van der Waals surface area contributed by atoms with Gasteiger partial charge in [0.25, 0.3) is 0 Å². The van der Waals surface area contributed by atoms with E-state index in [4.69, 9.17) is 15.3 Å². The molecule has 0 unspecified atom stereocenters. The molecule has 0 bridgehead atoms. The van der Waals surface area contributed by atoms with Crippen molar-refractivity contribution in [1.82, 2.24) is 9.88 Å². The Morgan fingerprint density at radius 3 is 2.74 bits per heavy atom. The molecule has 19 heavy (non-hydrogen) atoms. The number of pyridine rings is 1. The van der Waals surface area contributed by atoms with Gasteiger partial charge < -0.3 is 14.9 Å². The zero-order valence-electron chi connectivity index (χ0n) is 11.8. The number of methoxy groups -OCH3 is 2. The van der Waals surface area contributed by atoms with Crippen molar-refractivity contribution in [2.45, 2.75) is 13.0 Å². The van der Waals surface area contributed by atoms with E-state index in [-0.39, 0.29) is 0 Å². The molecule has 0 spiro atoms. The molecule has 0 atom stereocenters. The summed E-state index contributed by atoms with van der Waals surface area (Å²) in [7, 11) is 3.43. The SMILES string of the molecule is COCCCN(CCOC)Cc1cc(NN)ccn1. The molecule has 0 fully saturated rings. The van der Waals surface area contributed by atoms with Crippen molar-refractivity contribution >= 4 is 5.69 Å². The number of nitrogen functional groups attached to an aromatic ring is 1. The van der Waals surface area contributed by atoms with Gasteiger partial charge in [0.1, 0.15) is 0 Å². The number of rotatable bonds is 10. The molecule has 108 valence electrons. The first-order chi connectivity index (χ1) is 9.30. The lowest BCUT2D eigenvalue weighted by Crippen LogP contribution is -2.29. The average molecular weight is 268 g/mol. The van der Waals surface area contributed by atoms with Crippen molar-refractivity contribution in [3.63, 3.8) is 0 Å². The van der Waals surface area contributed by atoms with Gasteiger partial charge in [0, 0.05) is 46.7 Å². The van der Waals surface area contributed by atoms with E-state index in [0.29, 0.717) is 6.61 Å². The summed E-state index contributed by atoms with van der Waals surface area (Å²) in [5, 5.41) is 0. The maximum atomic E-state index is 5.40. The minimum absolute atomic E-state index is 0.710. The monoisotopic (exact) mass is 268 g/mol. The van der Waals surface area contributed by atoms with Crippen LogP contribution < -0.4 is 11.3 Å². The molecule has 1 aromatic rings. The van der Waals surface area contributed by atoms with Crippen LogP contribution in [0.15, 0.2) is 18.3 Å². The van der Waals surface area contributed by atoms with Gasteiger partial charge in [-0.1, -0.05) is 0 Å². The Labute approximate surface area is 114 Å². The fraction of sp³-hybridized carbons (Fsp3) is 0.615. The number of hydrazine groups is 1. The predicted molar refractivity (Wildman–Crippen MR) is 75.7 cm³/mol. The first-order valence-corrected chi connectivity index (χ1v) is 6.42. The van der Waals surface area contributed by atoms with Crippen LogP contribution in [-0.2, 0) is 16.0 Å². The summed E-state index contributed by atoms with van der Waals surface area (Å²) in [6.45, 7) is 4.09. The van der Waals surface area contributed by atoms with Crippen molar-refractivity contribution in [2.24, 2.45) is 5.84 Å². The fourth-order valence-electron chi connectivity index (χ4n) is 1.81. The first-order valence-electron chi connectivity index (χ1n) is 6.42. The van der Waals surface area contributed by atoms with Gasteiger partial charge in [-0.05, 0) is 18.6 Å². The third-order valence-electron chi connectivity index (χ3n) is 2.80. The lowest BCUT2D eigenvalue weighted by molar-refractivity contribution is 0.128. The zero-order valence-corrected chi connectivity index (χ0v) is 11.8. The second-order valence-corrected chi connectivity index (χ2v) is 4.30. The number of nitrogens with zero attached hydrogens (tertiary/aromatic N) is 2. The number of hydrogen-bond donors (Lipinski definition) is 2. The third kappa shape index (κ3) is 6.49. The highest BCUT2D eigenvalue weighted by Gasteiger charge is 2.07. The molecular weight excluding hydrogens is 244 g/mol. The molecule has 1 heterocycles. The second-order valence-electron chi connectivity index (χ2n) is 4.30. The predicted octanol–water partition coefficient (Wildman–Crippen LogP) is 0.852. The van der Waals surface area contributed by atoms with Crippen LogP contribution in [0.1, 0.15) is 12.1 Å². The Kier molecular flexibility index (Phi) is 8.08. The first kappa shape index (κ1) is 15.8. The van der Waals surface area contributed by atoms with Crippen LogP contribution in [0, 0.1) is 0 Å². The van der Waals surface area contributed by atoms with Crippen molar-refractivity contribution < 1.29 is 9.47 Å². The van der Waals surface area contributed by atoms with E-state index in [1.54, 1.807) is 20.4 Å². The summed E-state index contributed by atoms with van der Waals surface area (Å²) in [6, 6.07) is 3.80. The summed E-state index contributed by atoms with van der Waals surface area (Å²) in [6.07, 6.45) is 2.75. The van der Waals surface area contributed by atoms with E-state index in [9.17, 15) is 0 Å². The summed E-state index contributed by atoms with van der Waals surface area (Å²) in [5.41, 5.74) is 4.49. The minimum Gasteiger partial charge on any atom is -0.385 e. The molecule has 0 aliphatic rings. The van der Waals surface area contributed by atoms with E-state index in [1.807, 2.05) is 12.1 Å². The second kappa shape index (κ2) is 9.69. The molecule has 6 nitrogen and oxygen atoms in total. The van der Waals surface area contributed by atoms with Crippen molar-refractivity contribution in [3.8, 4) is 0 Å². The largest absolute Gasteiger partial charge is 0.385 e. The number of ether oxygens (including phenoxy) is 2. The Hall–Kier alpha value is -1.21. The highest BCUT2D eigenvalue weighted by atomic mass is 16.5. The summed E-state index contributed by atoms with van der Waals surface area (Å²) in [5.74, 6) is 5.40. The van der Waals surface area contributed by atoms with Crippen LogP contribution in [0.2, 0.25) is 0 Å². The van der Waals surface area contributed by atoms with Crippen LogP contribution >= 0.6 is 0 Å². The molecule has 6 heteroatoms. The number of aromatic nitrogens is 1. The fourth-order valence-corrected chi connectivity index (χ4v) is 1.81. The van der Waals surface area contributed by atoms with E-state index in [2.05, 4.69) is 15.3 Å². The number of hydrogen-bond acceptors (Lipinski definition) is 6. The highest BCUT2D eigenvalue weighted by Crippen LogP contribution is 2.09. The van der Waals surface area contributed by atoms with Gasteiger partial charge in [0.05, 0.1) is 18.0 Å². The van der Waals surface area contributed by atoms with Crippen LogP contribution in [0.5, 0.6) is 0 Å². The normalized spacial score (nSPS) is 10.9. The topological polar surface area (TPSA) is 72.6 Å². The zero-order chi connectivity index (χ0) is 13.9. The average Bonchev–Trinajstić information content (AvgIpc) is 2.45. The van der Waals surface area contributed by atoms with Gasteiger partial charge in [0.15, 0.2) is 0 Å².